The van der Waals surface area contributed by atoms with E-state index in [1.807, 2.05) is 0 Å². The average Bonchev–Trinajstić information content (AvgIpc) is 2.74. The van der Waals surface area contributed by atoms with Crippen LogP contribution in [-0.4, -0.2) is 44.7 Å². The Morgan fingerprint density at radius 2 is 1.87 bits per heavy atom. The number of sulfonamides is 1. The molecule has 1 aliphatic rings. The van der Waals surface area contributed by atoms with Crippen molar-refractivity contribution in [2.24, 2.45) is 11.7 Å². The van der Waals surface area contributed by atoms with Gasteiger partial charge in [-0.15, -0.1) is 0 Å². The smallest absolute Gasteiger partial charge is 0.248 e. The number of nitrogens with zero attached hydrogens (tertiary/aromatic N) is 1. The van der Waals surface area contributed by atoms with Crippen LogP contribution >= 0.6 is 0 Å². The number of hydrogen-bond acceptors (Lipinski definition) is 5. The predicted octanol–water partition coefficient (Wildman–Crippen LogP) is 2.14. The van der Waals surface area contributed by atoms with E-state index in [2.05, 4.69) is 5.32 Å². The zero-order valence-electron chi connectivity index (χ0n) is 16.9. The van der Waals surface area contributed by atoms with Gasteiger partial charge in [-0.05, 0) is 67.8 Å². The molecular formula is C21H25N3O5S. The first-order chi connectivity index (χ1) is 14.2. The fraction of sp³-hybridized carbons (Fsp3) is 0.333. The molecular weight excluding hydrogens is 406 g/mol. The average molecular weight is 432 g/mol. The molecule has 0 spiro atoms. The highest BCUT2D eigenvalue weighted by atomic mass is 32.2. The summed E-state index contributed by atoms with van der Waals surface area (Å²) in [5, 5.41) is 2.78. The molecule has 3 rings (SSSR count). The number of benzene rings is 2. The monoisotopic (exact) mass is 431 g/mol. The first-order valence-electron chi connectivity index (χ1n) is 9.58. The van der Waals surface area contributed by atoms with Crippen molar-refractivity contribution in [3.8, 4) is 5.75 Å². The maximum Gasteiger partial charge on any atom is 0.248 e. The molecule has 3 N–H and O–H groups in total. The van der Waals surface area contributed by atoms with Crippen molar-refractivity contribution in [1.29, 1.82) is 0 Å². The topological polar surface area (TPSA) is 119 Å². The highest BCUT2D eigenvalue weighted by Crippen LogP contribution is 2.27. The fourth-order valence-corrected chi connectivity index (χ4v) is 5.11. The SMILES string of the molecule is COc1ccc(S(=O)(=O)N2CCCC(C(=O)Nc3ccc(C(N)=O)cc3)C2)cc1C. The van der Waals surface area contributed by atoms with Crippen LogP contribution in [0.2, 0.25) is 0 Å². The largest absolute Gasteiger partial charge is 0.496 e. The number of piperidine rings is 1. The molecule has 1 saturated heterocycles. The molecule has 9 heteroatoms. The Labute approximate surface area is 176 Å². The number of aryl methyl sites for hydroxylation is 1. The number of anilines is 1. The van der Waals surface area contributed by atoms with Gasteiger partial charge >= 0.3 is 0 Å². The summed E-state index contributed by atoms with van der Waals surface area (Å²) < 4.78 is 32.7. The summed E-state index contributed by atoms with van der Waals surface area (Å²) in [6, 6.07) is 11.0. The van der Waals surface area contributed by atoms with E-state index in [1.54, 1.807) is 31.2 Å². The van der Waals surface area contributed by atoms with Crippen molar-refractivity contribution in [1.82, 2.24) is 4.31 Å². The lowest BCUT2D eigenvalue weighted by Gasteiger charge is -2.31. The van der Waals surface area contributed by atoms with Crippen molar-refractivity contribution < 1.29 is 22.7 Å². The maximum absolute atomic E-state index is 13.1. The summed E-state index contributed by atoms with van der Waals surface area (Å²) in [5.41, 5.74) is 6.81. The second kappa shape index (κ2) is 8.85. The molecule has 2 aromatic rings. The van der Waals surface area contributed by atoms with Crippen LogP contribution in [-0.2, 0) is 14.8 Å². The molecule has 2 aromatic carbocycles. The molecule has 1 heterocycles. The molecule has 1 unspecified atom stereocenters. The summed E-state index contributed by atoms with van der Waals surface area (Å²) in [4.78, 5) is 24.0. The maximum atomic E-state index is 13.1. The van der Waals surface area contributed by atoms with Crippen molar-refractivity contribution in [3.05, 3.63) is 53.6 Å². The number of hydrogen-bond donors (Lipinski definition) is 2. The van der Waals surface area contributed by atoms with Gasteiger partial charge in [0.25, 0.3) is 0 Å². The molecule has 0 bridgehead atoms. The molecule has 160 valence electrons. The lowest BCUT2D eigenvalue weighted by atomic mass is 9.98. The minimum atomic E-state index is -3.72. The second-order valence-electron chi connectivity index (χ2n) is 7.26. The number of ether oxygens (including phenoxy) is 1. The van der Waals surface area contributed by atoms with E-state index in [-0.39, 0.29) is 17.3 Å². The van der Waals surface area contributed by atoms with E-state index < -0.39 is 21.8 Å². The van der Waals surface area contributed by atoms with E-state index in [0.717, 1.165) is 5.56 Å². The van der Waals surface area contributed by atoms with Gasteiger partial charge in [-0.1, -0.05) is 0 Å². The third-order valence-electron chi connectivity index (χ3n) is 5.20. The van der Waals surface area contributed by atoms with Gasteiger partial charge in [0.1, 0.15) is 5.75 Å². The van der Waals surface area contributed by atoms with Crippen LogP contribution in [0.4, 0.5) is 5.69 Å². The minimum absolute atomic E-state index is 0.110. The number of primary amides is 1. The summed E-state index contributed by atoms with van der Waals surface area (Å²) in [6.07, 6.45) is 1.19. The van der Waals surface area contributed by atoms with Gasteiger partial charge in [-0.3, -0.25) is 9.59 Å². The highest BCUT2D eigenvalue weighted by molar-refractivity contribution is 7.89. The summed E-state index contributed by atoms with van der Waals surface area (Å²) >= 11 is 0. The Balaban J connectivity index is 1.71. The van der Waals surface area contributed by atoms with Gasteiger partial charge in [-0.25, -0.2) is 8.42 Å². The normalized spacial score (nSPS) is 17.3. The van der Waals surface area contributed by atoms with Gasteiger partial charge in [0.15, 0.2) is 0 Å². The number of nitrogens with two attached hydrogens (primary N) is 1. The van der Waals surface area contributed by atoms with Crippen LogP contribution < -0.4 is 15.8 Å². The summed E-state index contributed by atoms with van der Waals surface area (Å²) in [7, 11) is -2.18. The lowest BCUT2D eigenvalue weighted by Crippen LogP contribution is -2.43. The van der Waals surface area contributed by atoms with Gasteiger partial charge in [0.05, 0.1) is 17.9 Å². The van der Waals surface area contributed by atoms with Crippen molar-refractivity contribution in [3.63, 3.8) is 0 Å². The molecule has 0 radical (unpaired) electrons. The first-order valence-corrected chi connectivity index (χ1v) is 11.0. The minimum Gasteiger partial charge on any atom is -0.496 e. The summed E-state index contributed by atoms with van der Waals surface area (Å²) in [5.74, 6) is -0.654. The van der Waals surface area contributed by atoms with Gasteiger partial charge < -0.3 is 15.8 Å². The fourth-order valence-electron chi connectivity index (χ4n) is 3.50. The van der Waals surface area contributed by atoms with E-state index in [0.29, 0.717) is 36.4 Å². The predicted molar refractivity (Wildman–Crippen MR) is 113 cm³/mol. The Kier molecular flexibility index (Phi) is 6.42. The molecule has 1 atom stereocenters. The zero-order valence-corrected chi connectivity index (χ0v) is 17.7. The van der Waals surface area contributed by atoms with Crippen LogP contribution in [0.25, 0.3) is 0 Å². The molecule has 0 saturated carbocycles. The standard InChI is InChI=1S/C21H25N3O5S/c1-14-12-18(9-10-19(14)29-2)30(27,28)24-11-3-4-16(13-24)21(26)23-17-7-5-15(6-8-17)20(22)25/h5-10,12,16H,3-4,11,13H2,1-2H3,(H2,22,25)(H,23,26). The lowest BCUT2D eigenvalue weighted by molar-refractivity contribution is -0.120. The van der Waals surface area contributed by atoms with Crippen LogP contribution in [0.15, 0.2) is 47.4 Å². The number of rotatable bonds is 6. The zero-order chi connectivity index (χ0) is 21.9. The van der Waals surface area contributed by atoms with Crippen molar-refractivity contribution >= 4 is 27.5 Å². The van der Waals surface area contributed by atoms with E-state index in [4.69, 9.17) is 10.5 Å². The molecule has 0 aromatic heterocycles. The molecule has 0 aliphatic carbocycles. The number of amides is 2. The van der Waals surface area contributed by atoms with Gasteiger partial charge in [0, 0.05) is 24.3 Å². The second-order valence-corrected chi connectivity index (χ2v) is 9.20. The number of methoxy groups -OCH3 is 1. The van der Waals surface area contributed by atoms with Crippen LogP contribution in [0, 0.1) is 12.8 Å². The molecule has 8 nitrogen and oxygen atoms in total. The third-order valence-corrected chi connectivity index (χ3v) is 7.06. The van der Waals surface area contributed by atoms with Crippen LogP contribution in [0.3, 0.4) is 0 Å². The highest BCUT2D eigenvalue weighted by Gasteiger charge is 2.33. The number of carbonyl (C=O) groups is 2. The summed E-state index contributed by atoms with van der Waals surface area (Å²) in [6.45, 7) is 2.26. The Bertz CT molecular complexity index is 1050. The first kappa shape index (κ1) is 21.8. The Morgan fingerprint density at radius 3 is 2.47 bits per heavy atom. The Hall–Kier alpha value is -2.91. The van der Waals surface area contributed by atoms with Gasteiger partial charge in [-0.2, -0.15) is 4.31 Å². The van der Waals surface area contributed by atoms with Crippen molar-refractivity contribution in [2.45, 2.75) is 24.7 Å². The van der Waals surface area contributed by atoms with Gasteiger partial charge in [0.2, 0.25) is 21.8 Å². The van der Waals surface area contributed by atoms with Crippen LogP contribution in [0.5, 0.6) is 5.75 Å². The third kappa shape index (κ3) is 4.63. The molecule has 1 fully saturated rings. The number of carbonyl (C=O) groups excluding carboxylic acids is 2. The molecule has 30 heavy (non-hydrogen) atoms. The van der Waals surface area contributed by atoms with E-state index >= 15 is 0 Å². The van der Waals surface area contributed by atoms with E-state index in [1.165, 1.54) is 29.6 Å². The molecule has 1 aliphatic heterocycles. The van der Waals surface area contributed by atoms with Crippen molar-refractivity contribution in [2.75, 3.05) is 25.5 Å². The molecule has 2 amide bonds. The number of nitrogens with one attached hydrogen (secondary N) is 1. The quantitative estimate of drug-likeness (QED) is 0.726. The Morgan fingerprint density at radius 1 is 1.17 bits per heavy atom. The van der Waals surface area contributed by atoms with E-state index in [9.17, 15) is 18.0 Å². The van der Waals surface area contributed by atoms with Crippen LogP contribution in [0.1, 0.15) is 28.8 Å².